The highest BCUT2D eigenvalue weighted by molar-refractivity contribution is 5.93. The van der Waals surface area contributed by atoms with Crippen LogP contribution in [0.25, 0.3) is 22.2 Å². The van der Waals surface area contributed by atoms with E-state index in [1.807, 2.05) is 22.9 Å². The first-order chi connectivity index (χ1) is 16.5. The number of amides is 1. The lowest BCUT2D eigenvalue weighted by atomic mass is 10.1. The van der Waals surface area contributed by atoms with E-state index in [0.717, 1.165) is 41.1 Å². The maximum atomic E-state index is 13.9. The number of likely N-dealkylation sites (tertiary alicyclic amines) is 1. The van der Waals surface area contributed by atoms with Crippen molar-refractivity contribution >= 4 is 16.8 Å². The summed E-state index contributed by atoms with van der Waals surface area (Å²) in [7, 11) is 0. The van der Waals surface area contributed by atoms with E-state index in [-0.39, 0.29) is 17.7 Å². The number of piperidine rings is 1. The fourth-order valence-corrected chi connectivity index (χ4v) is 4.33. The Morgan fingerprint density at radius 1 is 1.15 bits per heavy atom. The molecule has 1 amide bonds. The van der Waals surface area contributed by atoms with Crippen molar-refractivity contribution in [2.45, 2.75) is 18.9 Å². The molecule has 0 unspecified atom stereocenters. The lowest BCUT2D eigenvalue weighted by molar-refractivity contribution is -0.127. The number of fused-ring (bicyclic) bond motifs is 1. The number of hydrogen-bond acceptors (Lipinski definition) is 4. The molecule has 1 fully saturated rings. The molecule has 4 aromatic rings. The van der Waals surface area contributed by atoms with Gasteiger partial charge in [0.25, 0.3) is 0 Å². The summed E-state index contributed by atoms with van der Waals surface area (Å²) < 4.78 is 34.9. The summed E-state index contributed by atoms with van der Waals surface area (Å²) >= 11 is 0. The Balaban J connectivity index is 1.46. The minimum Gasteiger partial charge on any atom is -0.454 e. The van der Waals surface area contributed by atoms with Crippen LogP contribution in [0.15, 0.2) is 73.6 Å². The van der Waals surface area contributed by atoms with Crippen LogP contribution in [0.3, 0.4) is 0 Å². The molecule has 34 heavy (non-hydrogen) atoms. The van der Waals surface area contributed by atoms with E-state index in [2.05, 4.69) is 11.6 Å². The van der Waals surface area contributed by atoms with Gasteiger partial charge in [-0.2, -0.15) is 9.49 Å². The number of halogens is 2. The number of carbonyl (C=O) groups excluding carboxylic acids is 1. The van der Waals surface area contributed by atoms with Crippen molar-refractivity contribution in [2.24, 2.45) is 0 Å². The third-order valence-electron chi connectivity index (χ3n) is 6.01. The Bertz CT molecular complexity index is 1370. The van der Waals surface area contributed by atoms with Gasteiger partial charge in [-0.25, -0.2) is 4.39 Å². The number of hydrogen-bond donors (Lipinski definition) is 0. The number of nitrogens with zero attached hydrogens (tertiary/aromatic N) is 4. The summed E-state index contributed by atoms with van der Waals surface area (Å²) in [6.45, 7) is 4.87. The van der Waals surface area contributed by atoms with E-state index < -0.39 is 11.6 Å². The average Bonchev–Trinajstić information content (AvgIpc) is 3.27. The minimum absolute atomic E-state index is 0.0369. The lowest BCUT2D eigenvalue weighted by Crippen LogP contribution is -2.40. The van der Waals surface area contributed by atoms with Crippen molar-refractivity contribution in [3.05, 3.63) is 85.2 Å². The van der Waals surface area contributed by atoms with Gasteiger partial charge >= 0.3 is 0 Å². The van der Waals surface area contributed by atoms with E-state index in [9.17, 15) is 13.6 Å². The van der Waals surface area contributed by atoms with E-state index in [0.29, 0.717) is 18.8 Å². The molecule has 6 nitrogen and oxygen atoms in total. The topological polar surface area (TPSA) is 60.2 Å². The van der Waals surface area contributed by atoms with Crippen LogP contribution in [0.1, 0.15) is 18.9 Å². The summed E-state index contributed by atoms with van der Waals surface area (Å²) in [5.74, 6) is -1.87. The predicted octanol–water partition coefficient (Wildman–Crippen LogP) is 5.52. The molecule has 1 atom stereocenters. The summed E-state index contributed by atoms with van der Waals surface area (Å²) in [5.41, 5.74) is 2.52. The highest BCUT2D eigenvalue weighted by Crippen LogP contribution is 2.33. The molecule has 5 rings (SSSR count). The molecule has 0 N–H and O–H groups in total. The zero-order valence-corrected chi connectivity index (χ0v) is 18.3. The maximum absolute atomic E-state index is 13.9. The van der Waals surface area contributed by atoms with Gasteiger partial charge in [-0.1, -0.05) is 12.6 Å². The monoisotopic (exact) mass is 460 g/mol. The molecule has 172 valence electrons. The molecular weight excluding hydrogens is 438 g/mol. The smallest absolute Gasteiger partial charge is 0.246 e. The highest BCUT2D eigenvalue weighted by Gasteiger charge is 2.26. The van der Waals surface area contributed by atoms with Gasteiger partial charge < -0.3 is 9.64 Å². The standard InChI is InChI=1S/C26H22F2N4O2/c1-2-24(33)31-14-4-5-18(16-31)32-22-12-13-29-15-20(22)26(30-32)17-8-10-19(11-9-17)34-23-7-3-6-21(27)25(23)28/h2-3,6-13,15,18H,1,4-5,14,16H2/t18-/m1/s1. The van der Waals surface area contributed by atoms with E-state index in [1.165, 1.54) is 18.2 Å². The second-order valence-electron chi connectivity index (χ2n) is 8.15. The molecule has 0 radical (unpaired) electrons. The highest BCUT2D eigenvalue weighted by atomic mass is 19.2. The largest absolute Gasteiger partial charge is 0.454 e. The number of rotatable bonds is 5. The first-order valence-electron chi connectivity index (χ1n) is 11.0. The molecule has 3 heterocycles. The molecule has 1 aliphatic rings. The first kappa shape index (κ1) is 21.8. The Labute approximate surface area is 195 Å². The van der Waals surface area contributed by atoms with Gasteiger partial charge in [0.15, 0.2) is 11.6 Å². The van der Waals surface area contributed by atoms with E-state index in [4.69, 9.17) is 9.84 Å². The molecule has 0 saturated carbocycles. The molecule has 0 spiro atoms. The molecule has 2 aromatic carbocycles. The van der Waals surface area contributed by atoms with Crippen molar-refractivity contribution in [2.75, 3.05) is 13.1 Å². The van der Waals surface area contributed by atoms with Crippen LogP contribution in [0, 0.1) is 11.6 Å². The van der Waals surface area contributed by atoms with Gasteiger partial charge in [0.05, 0.1) is 11.6 Å². The Morgan fingerprint density at radius 3 is 2.76 bits per heavy atom. The Hall–Kier alpha value is -4.07. The van der Waals surface area contributed by atoms with E-state index in [1.54, 1.807) is 29.4 Å². The van der Waals surface area contributed by atoms with Crippen LogP contribution in [-0.4, -0.2) is 38.7 Å². The van der Waals surface area contributed by atoms with Gasteiger partial charge in [0, 0.05) is 36.4 Å². The Morgan fingerprint density at radius 2 is 1.97 bits per heavy atom. The molecular formula is C26H22F2N4O2. The third-order valence-corrected chi connectivity index (χ3v) is 6.01. The second kappa shape index (κ2) is 9.05. The number of ether oxygens (including phenoxy) is 1. The van der Waals surface area contributed by atoms with Crippen LogP contribution < -0.4 is 4.74 Å². The zero-order valence-electron chi connectivity index (χ0n) is 18.3. The minimum atomic E-state index is -1.03. The molecule has 1 saturated heterocycles. The van der Waals surface area contributed by atoms with Crippen molar-refractivity contribution in [1.29, 1.82) is 0 Å². The van der Waals surface area contributed by atoms with Gasteiger partial charge in [-0.05, 0) is 61.4 Å². The van der Waals surface area contributed by atoms with E-state index >= 15 is 0 Å². The zero-order chi connectivity index (χ0) is 23.7. The van der Waals surface area contributed by atoms with Crippen LogP contribution in [-0.2, 0) is 4.79 Å². The third kappa shape index (κ3) is 4.03. The van der Waals surface area contributed by atoms with Gasteiger partial charge in [0.1, 0.15) is 11.4 Å². The molecule has 0 bridgehead atoms. The average molecular weight is 460 g/mol. The molecule has 1 aliphatic heterocycles. The molecule has 0 aliphatic carbocycles. The van der Waals surface area contributed by atoms with Crippen molar-refractivity contribution in [3.8, 4) is 22.8 Å². The van der Waals surface area contributed by atoms with Crippen molar-refractivity contribution in [1.82, 2.24) is 19.7 Å². The van der Waals surface area contributed by atoms with Crippen LogP contribution >= 0.6 is 0 Å². The number of aromatic nitrogens is 3. The fourth-order valence-electron chi connectivity index (χ4n) is 4.33. The van der Waals surface area contributed by atoms with Crippen LogP contribution in [0.4, 0.5) is 8.78 Å². The Kier molecular flexibility index (Phi) is 5.79. The summed E-state index contributed by atoms with van der Waals surface area (Å²) in [6, 6.07) is 12.8. The van der Waals surface area contributed by atoms with Crippen LogP contribution in [0.5, 0.6) is 11.5 Å². The number of carbonyl (C=O) groups is 1. The maximum Gasteiger partial charge on any atom is 0.246 e. The molecule has 8 heteroatoms. The van der Waals surface area contributed by atoms with Gasteiger partial charge in [-0.3, -0.25) is 14.5 Å². The first-order valence-corrected chi connectivity index (χ1v) is 11.0. The SMILES string of the molecule is C=CC(=O)N1CCC[C@@H](n2nc(-c3ccc(Oc4cccc(F)c4F)cc3)c3cnccc32)C1. The second-order valence-corrected chi connectivity index (χ2v) is 8.15. The van der Waals surface area contributed by atoms with Gasteiger partial charge in [0.2, 0.25) is 11.7 Å². The van der Waals surface area contributed by atoms with Crippen molar-refractivity contribution in [3.63, 3.8) is 0 Å². The fraction of sp³-hybridized carbons (Fsp3) is 0.192. The summed E-state index contributed by atoms with van der Waals surface area (Å²) in [6.07, 6.45) is 6.64. The van der Waals surface area contributed by atoms with Crippen molar-refractivity contribution < 1.29 is 18.3 Å². The predicted molar refractivity (Wildman–Crippen MR) is 124 cm³/mol. The normalized spacial score (nSPS) is 15.9. The van der Waals surface area contributed by atoms with Crippen LogP contribution in [0.2, 0.25) is 0 Å². The quantitative estimate of drug-likeness (QED) is 0.368. The number of benzene rings is 2. The molecule has 2 aromatic heterocycles. The summed E-state index contributed by atoms with van der Waals surface area (Å²) in [4.78, 5) is 18.2. The van der Waals surface area contributed by atoms with Gasteiger partial charge in [-0.15, -0.1) is 0 Å². The number of pyridine rings is 1. The summed E-state index contributed by atoms with van der Waals surface area (Å²) in [5, 5.41) is 5.79. The lowest BCUT2D eigenvalue weighted by Gasteiger charge is -2.32.